The smallest absolute Gasteiger partial charge is 0.336 e. The number of fused-ring (bicyclic) bond motifs is 3. The highest BCUT2D eigenvalue weighted by molar-refractivity contribution is 6.30. The van der Waals surface area contributed by atoms with Crippen LogP contribution in [0.3, 0.4) is 0 Å². The van der Waals surface area contributed by atoms with Crippen molar-refractivity contribution in [3.05, 3.63) is 104 Å². The summed E-state index contributed by atoms with van der Waals surface area (Å²) in [5.41, 5.74) is 3.53. The van der Waals surface area contributed by atoms with Crippen molar-refractivity contribution in [3.8, 4) is 11.4 Å². The molecule has 0 amide bonds. The van der Waals surface area contributed by atoms with Gasteiger partial charge in [0, 0.05) is 17.5 Å². The fourth-order valence-corrected chi connectivity index (χ4v) is 4.63. The summed E-state index contributed by atoms with van der Waals surface area (Å²) in [4.78, 5) is 27.6. The van der Waals surface area contributed by atoms with Crippen LogP contribution in [-0.4, -0.2) is 20.8 Å². The first kappa shape index (κ1) is 21.1. The van der Waals surface area contributed by atoms with Crippen LogP contribution in [0.4, 0.5) is 0 Å². The number of ether oxygens (including phenoxy) is 1. The Morgan fingerprint density at radius 2 is 1.73 bits per heavy atom. The molecule has 33 heavy (non-hydrogen) atoms. The van der Waals surface area contributed by atoms with Crippen molar-refractivity contribution < 1.29 is 4.74 Å². The maximum atomic E-state index is 13.9. The molecule has 0 aliphatic heterocycles. The van der Waals surface area contributed by atoms with E-state index in [2.05, 4.69) is 0 Å². The Bertz CT molecular complexity index is 1660. The second-order valence-corrected chi connectivity index (χ2v) is 8.55. The Labute approximate surface area is 194 Å². The van der Waals surface area contributed by atoms with Crippen molar-refractivity contribution in [1.82, 2.24) is 13.7 Å². The molecule has 0 bridgehead atoms. The largest absolute Gasteiger partial charge is 0.497 e. The molecule has 2 heterocycles. The molecule has 0 saturated heterocycles. The lowest BCUT2D eigenvalue weighted by Crippen LogP contribution is -2.39. The predicted molar refractivity (Wildman–Crippen MR) is 132 cm³/mol. The molecule has 166 valence electrons. The molecule has 0 aliphatic carbocycles. The summed E-state index contributed by atoms with van der Waals surface area (Å²) < 4.78 is 10.1. The van der Waals surface area contributed by atoms with E-state index in [1.165, 1.54) is 4.57 Å². The standard InChI is InChI=1S/C26H22ClN3O3/c1-16-6-4-7-17(12-16)15-29-23-21-14-20(33-3)10-11-22(21)28(2)24(23)25(31)30(26(29)32)19-9-5-8-18(27)13-19/h4-14H,15H2,1-3H3. The predicted octanol–water partition coefficient (Wildman–Crippen LogP) is 4.66. The molecule has 0 fully saturated rings. The molecule has 0 unspecified atom stereocenters. The van der Waals surface area contributed by atoms with E-state index in [-0.39, 0.29) is 0 Å². The number of aromatic nitrogens is 3. The zero-order valence-electron chi connectivity index (χ0n) is 18.5. The van der Waals surface area contributed by atoms with Crippen LogP contribution in [0.1, 0.15) is 11.1 Å². The lowest BCUT2D eigenvalue weighted by Gasteiger charge is -2.14. The van der Waals surface area contributed by atoms with Crippen LogP contribution < -0.4 is 16.0 Å². The topological polar surface area (TPSA) is 58.2 Å². The van der Waals surface area contributed by atoms with Crippen LogP contribution in [0, 0.1) is 6.92 Å². The highest BCUT2D eigenvalue weighted by Crippen LogP contribution is 2.29. The number of benzene rings is 3. The number of hydrogen-bond acceptors (Lipinski definition) is 3. The van der Waals surface area contributed by atoms with Crippen LogP contribution in [0.15, 0.2) is 76.3 Å². The van der Waals surface area contributed by atoms with E-state index in [1.54, 1.807) is 35.9 Å². The van der Waals surface area contributed by atoms with Gasteiger partial charge in [0.15, 0.2) is 0 Å². The summed E-state index contributed by atoms with van der Waals surface area (Å²) >= 11 is 6.19. The van der Waals surface area contributed by atoms with Crippen molar-refractivity contribution in [2.75, 3.05) is 7.11 Å². The molecule has 0 N–H and O–H groups in total. The van der Waals surface area contributed by atoms with Crippen LogP contribution in [0.25, 0.3) is 27.6 Å². The van der Waals surface area contributed by atoms with Gasteiger partial charge in [-0.25, -0.2) is 9.36 Å². The van der Waals surface area contributed by atoms with Crippen LogP contribution in [0.2, 0.25) is 5.02 Å². The molecule has 0 atom stereocenters. The highest BCUT2D eigenvalue weighted by atomic mass is 35.5. The first-order valence-electron chi connectivity index (χ1n) is 10.5. The molecule has 5 rings (SSSR count). The lowest BCUT2D eigenvalue weighted by molar-refractivity contribution is 0.415. The monoisotopic (exact) mass is 459 g/mol. The average Bonchev–Trinajstić information content (AvgIpc) is 3.09. The number of nitrogens with zero attached hydrogens (tertiary/aromatic N) is 3. The SMILES string of the molecule is COc1ccc2c(c1)c1c(c(=O)n(-c3cccc(Cl)c3)c(=O)n1Cc1cccc(C)c1)n2C. The minimum Gasteiger partial charge on any atom is -0.497 e. The average molecular weight is 460 g/mol. The van der Waals surface area contributed by atoms with Gasteiger partial charge in [-0.15, -0.1) is 0 Å². The Kier molecular flexibility index (Phi) is 5.10. The van der Waals surface area contributed by atoms with Gasteiger partial charge in [0.25, 0.3) is 5.56 Å². The summed E-state index contributed by atoms with van der Waals surface area (Å²) in [7, 11) is 3.43. The molecular formula is C26H22ClN3O3. The number of rotatable bonds is 4. The van der Waals surface area contributed by atoms with Crippen LogP contribution >= 0.6 is 11.6 Å². The molecule has 5 aromatic rings. The molecule has 2 aromatic heterocycles. The summed E-state index contributed by atoms with van der Waals surface area (Å²) in [6.07, 6.45) is 0. The van der Waals surface area contributed by atoms with Gasteiger partial charge in [-0.3, -0.25) is 9.36 Å². The molecule has 0 aliphatic rings. The zero-order valence-corrected chi connectivity index (χ0v) is 19.3. The van der Waals surface area contributed by atoms with Crippen molar-refractivity contribution >= 4 is 33.5 Å². The van der Waals surface area contributed by atoms with E-state index in [4.69, 9.17) is 16.3 Å². The maximum absolute atomic E-state index is 13.9. The number of aryl methyl sites for hydroxylation is 2. The maximum Gasteiger partial charge on any atom is 0.336 e. The molecule has 0 saturated carbocycles. The Morgan fingerprint density at radius 3 is 2.45 bits per heavy atom. The molecule has 7 heteroatoms. The Hall–Kier alpha value is -3.77. The summed E-state index contributed by atoms with van der Waals surface area (Å²) in [6, 6.07) is 20.4. The normalized spacial score (nSPS) is 11.4. The fraction of sp³-hybridized carbons (Fsp3) is 0.154. The van der Waals surface area contributed by atoms with Gasteiger partial charge >= 0.3 is 5.69 Å². The number of halogens is 1. The summed E-state index contributed by atoms with van der Waals surface area (Å²) in [5.74, 6) is 0.656. The van der Waals surface area contributed by atoms with E-state index in [0.29, 0.717) is 34.0 Å². The minimum absolute atomic E-state index is 0.314. The molecule has 6 nitrogen and oxygen atoms in total. The molecule has 0 radical (unpaired) electrons. The van der Waals surface area contributed by atoms with Gasteiger partial charge in [-0.05, 0) is 48.9 Å². The third kappa shape index (κ3) is 3.43. The minimum atomic E-state index is -0.424. The quantitative estimate of drug-likeness (QED) is 0.392. The van der Waals surface area contributed by atoms with E-state index >= 15 is 0 Å². The fourth-order valence-electron chi connectivity index (χ4n) is 4.44. The van der Waals surface area contributed by atoms with E-state index in [9.17, 15) is 9.59 Å². The molecular weight excluding hydrogens is 438 g/mol. The Morgan fingerprint density at radius 1 is 0.939 bits per heavy atom. The third-order valence-corrected chi connectivity index (χ3v) is 6.20. The number of methoxy groups -OCH3 is 1. The van der Waals surface area contributed by atoms with Crippen molar-refractivity contribution in [2.24, 2.45) is 7.05 Å². The summed E-state index contributed by atoms with van der Waals surface area (Å²) in [5, 5.41) is 1.23. The van der Waals surface area contributed by atoms with Gasteiger partial charge in [-0.1, -0.05) is 47.5 Å². The zero-order chi connectivity index (χ0) is 23.3. The van der Waals surface area contributed by atoms with E-state index in [0.717, 1.165) is 22.0 Å². The van der Waals surface area contributed by atoms with Crippen molar-refractivity contribution in [1.29, 1.82) is 0 Å². The second-order valence-electron chi connectivity index (χ2n) is 8.12. The van der Waals surface area contributed by atoms with Crippen LogP contribution in [-0.2, 0) is 13.6 Å². The third-order valence-electron chi connectivity index (χ3n) is 5.97. The van der Waals surface area contributed by atoms with Gasteiger partial charge < -0.3 is 9.30 Å². The number of hydrogen-bond donors (Lipinski definition) is 0. The van der Waals surface area contributed by atoms with Gasteiger partial charge in [-0.2, -0.15) is 0 Å². The van der Waals surface area contributed by atoms with E-state index < -0.39 is 11.2 Å². The van der Waals surface area contributed by atoms with Crippen molar-refractivity contribution in [2.45, 2.75) is 13.5 Å². The molecule has 3 aromatic carbocycles. The highest BCUT2D eigenvalue weighted by Gasteiger charge is 2.22. The second kappa shape index (κ2) is 7.98. The first-order chi connectivity index (χ1) is 15.9. The summed E-state index contributed by atoms with van der Waals surface area (Å²) in [6.45, 7) is 2.33. The van der Waals surface area contributed by atoms with Crippen molar-refractivity contribution in [3.63, 3.8) is 0 Å². The Balaban J connectivity index is 1.95. The van der Waals surface area contributed by atoms with Gasteiger partial charge in [0.05, 0.1) is 30.4 Å². The molecule has 0 spiro atoms. The van der Waals surface area contributed by atoms with Gasteiger partial charge in [0.1, 0.15) is 11.3 Å². The van der Waals surface area contributed by atoms with Crippen LogP contribution in [0.5, 0.6) is 5.75 Å². The van der Waals surface area contributed by atoms with E-state index in [1.807, 2.05) is 61.0 Å². The van der Waals surface area contributed by atoms with Gasteiger partial charge in [0.2, 0.25) is 0 Å². The lowest BCUT2D eigenvalue weighted by atomic mass is 10.1. The first-order valence-corrected chi connectivity index (χ1v) is 10.9.